The molecule has 0 amide bonds. The summed E-state index contributed by atoms with van der Waals surface area (Å²) >= 11 is 0. The molecule has 0 aromatic carbocycles. The number of nitrogens with zero attached hydrogens (tertiary/aromatic N) is 6. The van der Waals surface area contributed by atoms with Crippen LogP contribution in [0.15, 0.2) is 12.4 Å². The first kappa shape index (κ1) is 15.8. The number of aromatic nitrogens is 4. The smallest absolute Gasteiger partial charge is 0.200 e. The quantitative estimate of drug-likeness (QED) is 0.866. The first-order valence-electron chi connectivity index (χ1n) is 9.54. The van der Waals surface area contributed by atoms with E-state index in [2.05, 4.69) is 38.1 Å². The Morgan fingerprint density at radius 1 is 1.04 bits per heavy atom. The van der Waals surface area contributed by atoms with Gasteiger partial charge in [-0.05, 0) is 51.3 Å². The van der Waals surface area contributed by atoms with E-state index in [1.165, 1.54) is 57.3 Å². The second-order valence-corrected chi connectivity index (χ2v) is 7.14. The second kappa shape index (κ2) is 7.05. The molecule has 0 spiro atoms. The summed E-state index contributed by atoms with van der Waals surface area (Å²) in [7, 11) is 0. The van der Waals surface area contributed by atoms with Gasteiger partial charge in [0.2, 0.25) is 5.65 Å². The third-order valence-corrected chi connectivity index (χ3v) is 5.62. The molecule has 6 nitrogen and oxygen atoms in total. The Morgan fingerprint density at radius 3 is 2.50 bits per heavy atom. The lowest BCUT2D eigenvalue weighted by Gasteiger charge is -2.39. The molecule has 24 heavy (non-hydrogen) atoms. The second-order valence-electron chi connectivity index (χ2n) is 7.14. The van der Waals surface area contributed by atoms with E-state index in [1.54, 1.807) is 6.33 Å². The topological polar surface area (TPSA) is 49.6 Å². The maximum absolute atomic E-state index is 4.56. The lowest BCUT2D eigenvalue weighted by Crippen LogP contribution is -2.45. The van der Waals surface area contributed by atoms with Gasteiger partial charge in [-0.1, -0.05) is 19.8 Å². The molecule has 0 atom stereocenters. The molecule has 4 rings (SSSR count). The number of anilines is 1. The Bertz CT molecular complexity index is 665. The predicted octanol–water partition coefficient (Wildman–Crippen LogP) is 2.53. The van der Waals surface area contributed by atoms with Crippen molar-refractivity contribution in [1.29, 1.82) is 0 Å². The Morgan fingerprint density at radius 2 is 1.79 bits per heavy atom. The molecule has 0 N–H and O–H groups in total. The number of piperidine rings is 1. The molecule has 0 unspecified atom stereocenters. The molecule has 2 fully saturated rings. The number of hydrogen-bond donors (Lipinski definition) is 0. The highest BCUT2D eigenvalue weighted by molar-refractivity contribution is 5.68. The van der Waals surface area contributed by atoms with E-state index in [1.807, 2.05) is 4.52 Å². The SMILES string of the molecule is CCc1cc(N2CCC(N3CCCCCC3)CC2)c2nncn2n1. The highest BCUT2D eigenvalue weighted by Crippen LogP contribution is 2.27. The van der Waals surface area contributed by atoms with Gasteiger partial charge in [0.05, 0.1) is 11.4 Å². The van der Waals surface area contributed by atoms with Crippen LogP contribution in [-0.2, 0) is 6.42 Å². The van der Waals surface area contributed by atoms with Gasteiger partial charge in [0.1, 0.15) is 6.33 Å². The van der Waals surface area contributed by atoms with Gasteiger partial charge < -0.3 is 9.80 Å². The summed E-state index contributed by atoms with van der Waals surface area (Å²) in [5, 5.41) is 12.9. The fraction of sp³-hybridized carbons (Fsp3) is 0.722. The summed E-state index contributed by atoms with van der Waals surface area (Å²) < 4.78 is 1.83. The molecule has 2 aliphatic rings. The van der Waals surface area contributed by atoms with Gasteiger partial charge in [0, 0.05) is 19.1 Å². The van der Waals surface area contributed by atoms with Crippen LogP contribution >= 0.6 is 0 Å². The predicted molar refractivity (Wildman–Crippen MR) is 95.4 cm³/mol. The van der Waals surface area contributed by atoms with Gasteiger partial charge in [-0.3, -0.25) is 0 Å². The van der Waals surface area contributed by atoms with Crippen molar-refractivity contribution in [2.24, 2.45) is 0 Å². The Labute approximate surface area is 143 Å². The van der Waals surface area contributed by atoms with Gasteiger partial charge in [0.15, 0.2) is 0 Å². The van der Waals surface area contributed by atoms with Crippen molar-refractivity contribution in [3.05, 3.63) is 18.1 Å². The van der Waals surface area contributed by atoms with E-state index in [0.29, 0.717) is 0 Å². The number of rotatable bonds is 3. The highest BCUT2D eigenvalue weighted by atomic mass is 15.4. The fourth-order valence-corrected chi connectivity index (χ4v) is 4.20. The summed E-state index contributed by atoms with van der Waals surface area (Å²) in [4.78, 5) is 5.24. The monoisotopic (exact) mass is 328 g/mol. The van der Waals surface area contributed by atoms with Crippen molar-refractivity contribution in [3.63, 3.8) is 0 Å². The first-order chi connectivity index (χ1) is 11.8. The normalized spacial score (nSPS) is 21.3. The molecule has 2 aromatic rings. The summed E-state index contributed by atoms with van der Waals surface area (Å²) in [5.41, 5.74) is 3.20. The molecule has 0 radical (unpaired) electrons. The van der Waals surface area contributed by atoms with Crippen LogP contribution in [0.1, 0.15) is 51.1 Å². The molecular formula is C18H28N6. The minimum absolute atomic E-state index is 0.765. The minimum atomic E-state index is 0.765. The molecular weight excluding hydrogens is 300 g/mol. The van der Waals surface area contributed by atoms with Crippen LogP contribution in [0.3, 0.4) is 0 Å². The lowest BCUT2D eigenvalue weighted by atomic mass is 10.0. The Balaban J connectivity index is 1.48. The largest absolute Gasteiger partial charge is 0.368 e. The van der Waals surface area contributed by atoms with Crippen LogP contribution in [0, 0.1) is 0 Å². The Kier molecular flexibility index (Phi) is 4.65. The zero-order valence-corrected chi connectivity index (χ0v) is 14.7. The standard InChI is InChI=1S/C18H28N6/c1-2-15-13-17(18-20-19-14-24(18)21-15)23-11-7-16(8-12-23)22-9-5-3-4-6-10-22/h13-14,16H,2-12H2,1H3. The first-order valence-corrected chi connectivity index (χ1v) is 9.54. The summed E-state index contributed by atoms with van der Waals surface area (Å²) in [6, 6.07) is 2.97. The van der Waals surface area contributed by atoms with Crippen molar-refractivity contribution < 1.29 is 0 Å². The lowest BCUT2D eigenvalue weighted by molar-refractivity contribution is 0.175. The summed E-state index contributed by atoms with van der Waals surface area (Å²) in [6.45, 7) is 6.96. The molecule has 4 heterocycles. The van der Waals surface area contributed by atoms with Crippen LogP contribution in [0.5, 0.6) is 0 Å². The van der Waals surface area contributed by atoms with Crippen molar-refractivity contribution in [2.45, 2.75) is 57.9 Å². The zero-order chi connectivity index (χ0) is 16.4. The van der Waals surface area contributed by atoms with Gasteiger partial charge in [-0.15, -0.1) is 10.2 Å². The Hall–Kier alpha value is -1.69. The maximum Gasteiger partial charge on any atom is 0.200 e. The minimum Gasteiger partial charge on any atom is -0.368 e. The third-order valence-electron chi connectivity index (χ3n) is 5.62. The molecule has 0 aliphatic carbocycles. The van der Waals surface area contributed by atoms with Crippen LogP contribution < -0.4 is 4.90 Å². The average molecular weight is 328 g/mol. The van der Waals surface area contributed by atoms with Gasteiger partial charge in [-0.25, -0.2) is 0 Å². The third kappa shape index (κ3) is 3.11. The summed E-state index contributed by atoms with van der Waals surface area (Å²) in [6.07, 6.45) is 10.7. The summed E-state index contributed by atoms with van der Waals surface area (Å²) in [5.74, 6) is 0. The molecule has 6 heteroatoms. The van der Waals surface area contributed by atoms with E-state index in [-0.39, 0.29) is 0 Å². The van der Waals surface area contributed by atoms with E-state index >= 15 is 0 Å². The number of aryl methyl sites for hydroxylation is 1. The van der Waals surface area contributed by atoms with E-state index < -0.39 is 0 Å². The molecule has 2 saturated heterocycles. The van der Waals surface area contributed by atoms with Gasteiger partial charge >= 0.3 is 0 Å². The van der Waals surface area contributed by atoms with Crippen LogP contribution in [-0.4, -0.2) is 56.9 Å². The van der Waals surface area contributed by atoms with Crippen molar-refractivity contribution >= 4 is 11.3 Å². The van der Waals surface area contributed by atoms with E-state index in [9.17, 15) is 0 Å². The highest BCUT2D eigenvalue weighted by Gasteiger charge is 2.26. The molecule has 130 valence electrons. The van der Waals surface area contributed by atoms with Crippen LogP contribution in [0.2, 0.25) is 0 Å². The maximum atomic E-state index is 4.56. The fourth-order valence-electron chi connectivity index (χ4n) is 4.20. The van der Waals surface area contributed by atoms with Crippen LogP contribution in [0.4, 0.5) is 5.69 Å². The van der Waals surface area contributed by atoms with Crippen molar-refractivity contribution in [2.75, 3.05) is 31.1 Å². The molecule has 0 bridgehead atoms. The van der Waals surface area contributed by atoms with Gasteiger partial charge in [0.25, 0.3) is 0 Å². The average Bonchev–Trinajstić information content (AvgIpc) is 2.94. The molecule has 2 aliphatic heterocycles. The number of likely N-dealkylation sites (tertiary alicyclic amines) is 1. The zero-order valence-electron chi connectivity index (χ0n) is 14.7. The molecule has 2 aromatic heterocycles. The number of fused-ring (bicyclic) bond motifs is 1. The van der Waals surface area contributed by atoms with Crippen molar-refractivity contribution in [3.8, 4) is 0 Å². The van der Waals surface area contributed by atoms with Crippen LogP contribution in [0.25, 0.3) is 5.65 Å². The number of hydrogen-bond acceptors (Lipinski definition) is 5. The van der Waals surface area contributed by atoms with Crippen molar-refractivity contribution in [1.82, 2.24) is 24.7 Å². The molecule has 0 saturated carbocycles. The van der Waals surface area contributed by atoms with E-state index in [0.717, 1.165) is 36.9 Å². The van der Waals surface area contributed by atoms with E-state index in [4.69, 9.17) is 0 Å². The van der Waals surface area contributed by atoms with Gasteiger partial charge in [-0.2, -0.15) is 9.61 Å².